The molecule has 5 rings (SSSR count). The Morgan fingerprint density at radius 3 is 2.62 bits per heavy atom. The van der Waals surface area contributed by atoms with Gasteiger partial charge in [0.15, 0.2) is 10.9 Å². The Morgan fingerprint density at radius 2 is 1.79 bits per heavy atom. The molecule has 0 spiro atoms. The van der Waals surface area contributed by atoms with Crippen molar-refractivity contribution in [1.82, 2.24) is 4.98 Å². The van der Waals surface area contributed by atoms with Crippen LogP contribution in [-0.4, -0.2) is 10.9 Å². The molecule has 0 aliphatic heterocycles. The number of hydrogen-bond acceptors (Lipinski definition) is 4. The van der Waals surface area contributed by atoms with Gasteiger partial charge in [0, 0.05) is 9.86 Å². The number of carbonyl (C=O) groups is 1. The van der Waals surface area contributed by atoms with Crippen molar-refractivity contribution in [1.29, 1.82) is 0 Å². The number of para-hydroxylation sites is 1. The summed E-state index contributed by atoms with van der Waals surface area (Å²) in [6.07, 6.45) is 0. The lowest BCUT2D eigenvalue weighted by Gasteiger charge is -2.18. The summed E-state index contributed by atoms with van der Waals surface area (Å²) in [5.74, 6) is 0.103. The van der Waals surface area contributed by atoms with Gasteiger partial charge in [-0.05, 0) is 35.9 Å². The van der Waals surface area contributed by atoms with E-state index in [-0.39, 0.29) is 5.91 Å². The Bertz CT molecular complexity index is 1290. The Labute approximate surface area is 179 Å². The number of benzene rings is 3. The van der Waals surface area contributed by atoms with Gasteiger partial charge in [-0.1, -0.05) is 75.8 Å². The third kappa shape index (κ3) is 3.57. The molecule has 5 aromatic rings. The number of nitrogens with zero attached hydrogens (tertiary/aromatic N) is 2. The first-order valence-corrected chi connectivity index (χ1v) is 10.7. The van der Waals surface area contributed by atoms with Gasteiger partial charge in [0.2, 0.25) is 0 Å². The molecular weight excluding hydrogens is 448 g/mol. The zero-order chi connectivity index (χ0) is 19.8. The number of aromatic nitrogens is 1. The van der Waals surface area contributed by atoms with E-state index in [0.717, 1.165) is 25.6 Å². The van der Waals surface area contributed by atoms with E-state index >= 15 is 0 Å². The molecule has 29 heavy (non-hydrogen) atoms. The number of hydrogen-bond donors (Lipinski definition) is 0. The number of rotatable bonds is 4. The molecule has 3 aromatic carbocycles. The summed E-state index contributed by atoms with van der Waals surface area (Å²) in [5, 5.41) is 1.55. The largest absolute Gasteiger partial charge is 0.451 e. The van der Waals surface area contributed by atoms with E-state index in [1.54, 1.807) is 11.0 Å². The second kappa shape index (κ2) is 7.46. The van der Waals surface area contributed by atoms with Crippen molar-refractivity contribution in [2.45, 2.75) is 6.54 Å². The fraction of sp³-hybridized carbons (Fsp3) is 0.0435. The van der Waals surface area contributed by atoms with Crippen molar-refractivity contribution in [3.63, 3.8) is 0 Å². The lowest BCUT2D eigenvalue weighted by molar-refractivity contribution is 0.0960. The number of halogens is 1. The zero-order valence-corrected chi connectivity index (χ0v) is 17.6. The first-order valence-electron chi connectivity index (χ1n) is 9.08. The topological polar surface area (TPSA) is 46.3 Å². The molecule has 0 aliphatic rings. The van der Waals surface area contributed by atoms with Crippen molar-refractivity contribution in [3.8, 4) is 0 Å². The Hall–Kier alpha value is -2.96. The summed E-state index contributed by atoms with van der Waals surface area (Å²) in [7, 11) is 0. The summed E-state index contributed by atoms with van der Waals surface area (Å²) in [4.78, 5) is 19.9. The zero-order valence-electron chi connectivity index (χ0n) is 15.2. The number of thiazole rings is 1. The molecule has 2 aromatic heterocycles. The summed E-state index contributed by atoms with van der Waals surface area (Å²) >= 11 is 4.99. The molecule has 0 radical (unpaired) electrons. The van der Waals surface area contributed by atoms with E-state index in [0.29, 0.717) is 23.0 Å². The molecule has 0 bridgehead atoms. The van der Waals surface area contributed by atoms with E-state index in [9.17, 15) is 4.79 Å². The molecule has 142 valence electrons. The van der Waals surface area contributed by atoms with E-state index in [1.807, 2.05) is 72.8 Å². The van der Waals surface area contributed by atoms with Crippen LogP contribution < -0.4 is 4.90 Å². The smallest absolute Gasteiger partial charge is 0.296 e. The summed E-state index contributed by atoms with van der Waals surface area (Å²) in [6.45, 7) is 0.414. The minimum absolute atomic E-state index is 0.205. The molecule has 0 aliphatic carbocycles. The van der Waals surface area contributed by atoms with Crippen molar-refractivity contribution in [3.05, 3.63) is 94.7 Å². The molecule has 0 N–H and O–H groups in total. The Balaban J connectivity index is 1.59. The van der Waals surface area contributed by atoms with Crippen molar-refractivity contribution < 1.29 is 9.21 Å². The standard InChI is InChI=1S/C23H15BrN2O2S/c24-17-10-11-18-21(13-17)29-23(25-18)26(14-15-6-2-1-3-7-15)22(27)20-12-16-8-4-5-9-19(16)28-20/h1-13H,14H2. The highest BCUT2D eigenvalue weighted by Gasteiger charge is 2.24. The van der Waals surface area contributed by atoms with Crippen LogP contribution in [0.25, 0.3) is 21.2 Å². The third-order valence-electron chi connectivity index (χ3n) is 4.64. The van der Waals surface area contributed by atoms with Crippen LogP contribution in [0.5, 0.6) is 0 Å². The molecular formula is C23H15BrN2O2S. The fourth-order valence-electron chi connectivity index (χ4n) is 3.21. The molecule has 6 heteroatoms. The van der Waals surface area contributed by atoms with Crippen LogP contribution in [0, 0.1) is 0 Å². The van der Waals surface area contributed by atoms with Gasteiger partial charge in [0.25, 0.3) is 5.91 Å². The fourth-order valence-corrected chi connectivity index (χ4v) is 4.73. The molecule has 0 unspecified atom stereocenters. The number of anilines is 1. The number of carbonyl (C=O) groups excluding carboxylic acids is 1. The minimum Gasteiger partial charge on any atom is -0.451 e. The molecule has 0 saturated carbocycles. The second-order valence-corrected chi connectivity index (χ2v) is 8.56. The highest BCUT2D eigenvalue weighted by molar-refractivity contribution is 9.10. The maximum atomic E-state index is 13.5. The van der Waals surface area contributed by atoms with E-state index in [2.05, 4.69) is 15.9 Å². The monoisotopic (exact) mass is 462 g/mol. The van der Waals surface area contributed by atoms with Crippen LogP contribution in [-0.2, 0) is 6.54 Å². The third-order valence-corrected chi connectivity index (χ3v) is 6.17. The maximum absolute atomic E-state index is 13.5. The van der Waals surface area contributed by atoms with Gasteiger partial charge < -0.3 is 4.42 Å². The van der Waals surface area contributed by atoms with E-state index in [4.69, 9.17) is 9.40 Å². The predicted octanol–water partition coefficient (Wildman–Crippen LogP) is 6.65. The van der Waals surface area contributed by atoms with Gasteiger partial charge in [0.05, 0.1) is 16.8 Å². The Kier molecular flexibility index (Phi) is 4.66. The highest BCUT2D eigenvalue weighted by Crippen LogP contribution is 2.33. The molecule has 0 atom stereocenters. The molecule has 0 saturated heterocycles. The summed E-state index contributed by atoms with van der Waals surface area (Å²) < 4.78 is 7.84. The molecule has 2 heterocycles. The lowest BCUT2D eigenvalue weighted by atomic mass is 10.2. The van der Waals surface area contributed by atoms with Crippen LogP contribution in [0.15, 0.2) is 87.8 Å². The summed E-state index contributed by atoms with van der Waals surface area (Å²) in [6, 6.07) is 25.2. The van der Waals surface area contributed by atoms with Gasteiger partial charge in [-0.2, -0.15) is 0 Å². The molecule has 0 fully saturated rings. The van der Waals surface area contributed by atoms with Crippen LogP contribution >= 0.6 is 27.3 Å². The van der Waals surface area contributed by atoms with Crippen molar-refractivity contribution in [2.75, 3.05) is 4.90 Å². The van der Waals surface area contributed by atoms with Crippen LogP contribution in [0.3, 0.4) is 0 Å². The SMILES string of the molecule is O=C(c1cc2ccccc2o1)N(Cc1ccccc1)c1nc2ccc(Br)cc2s1. The minimum atomic E-state index is -0.205. The maximum Gasteiger partial charge on any atom is 0.296 e. The quantitative estimate of drug-likeness (QED) is 0.300. The van der Waals surface area contributed by atoms with Crippen molar-refractivity contribution in [2.24, 2.45) is 0 Å². The van der Waals surface area contributed by atoms with E-state index in [1.165, 1.54) is 11.3 Å². The van der Waals surface area contributed by atoms with E-state index < -0.39 is 0 Å². The average molecular weight is 463 g/mol. The first-order chi connectivity index (χ1) is 14.2. The van der Waals surface area contributed by atoms with Crippen LogP contribution in [0.4, 0.5) is 5.13 Å². The number of fused-ring (bicyclic) bond motifs is 2. The van der Waals surface area contributed by atoms with Crippen LogP contribution in [0.2, 0.25) is 0 Å². The Morgan fingerprint density at radius 1 is 1.00 bits per heavy atom. The first kappa shape index (κ1) is 18.1. The molecule has 1 amide bonds. The lowest BCUT2D eigenvalue weighted by Crippen LogP contribution is -2.30. The van der Waals surface area contributed by atoms with Gasteiger partial charge in [-0.15, -0.1) is 0 Å². The number of amides is 1. The van der Waals surface area contributed by atoms with Gasteiger partial charge in [-0.25, -0.2) is 4.98 Å². The second-order valence-electron chi connectivity index (χ2n) is 6.63. The molecule has 4 nitrogen and oxygen atoms in total. The summed E-state index contributed by atoms with van der Waals surface area (Å²) in [5.41, 5.74) is 2.59. The van der Waals surface area contributed by atoms with Gasteiger partial charge in [0.1, 0.15) is 5.58 Å². The average Bonchev–Trinajstić information content (AvgIpc) is 3.36. The normalized spacial score (nSPS) is 11.2. The van der Waals surface area contributed by atoms with Crippen molar-refractivity contribution >= 4 is 59.5 Å². The van der Waals surface area contributed by atoms with Crippen LogP contribution in [0.1, 0.15) is 16.1 Å². The van der Waals surface area contributed by atoms with Gasteiger partial charge >= 0.3 is 0 Å². The van der Waals surface area contributed by atoms with Gasteiger partial charge in [-0.3, -0.25) is 9.69 Å². The predicted molar refractivity (Wildman–Crippen MR) is 120 cm³/mol. The highest BCUT2D eigenvalue weighted by atomic mass is 79.9. The number of furan rings is 1.